The summed E-state index contributed by atoms with van der Waals surface area (Å²) in [6.45, 7) is 2.13. The van der Waals surface area contributed by atoms with E-state index in [1.807, 2.05) is 71.3 Å². The first kappa shape index (κ1) is 21.3. The van der Waals surface area contributed by atoms with Crippen LogP contribution >= 0.6 is 11.3 Å². The second kappa shape index (κ2) is 8.85. The number of hydrogen-bond acceptors (Lipinski definition) is 6. The standard InChI is InChI=1S/C28H21N5OS/c1-18(14-23-26-27(31-16-30-23)35-17-32-26)24-15-19-8-7-11-21(22-12-5-6-13-29-22)25(19)28(34)33(24)20-9-3-2-4-10-20/h2-13,15-18H,14H2,1H3/t18-/m1/s1. The molecule has 2 aromatic carbocycles. The predicted molar refractivity (Wildman–Crippen MR) is 140 cm³/mol. The zero-order chi connectivity index (χ0) is 23.8. The summed E-state index contributed by atoms with van der Waals surface area (Å²) in [5, 5.41) is 1.56. The van der Waals surface area contributed by atoms with Crippen LogP contribution in [0.3, 0.4) is 0 Å². The van der Waals surface area contributed by atoms with E-state index in [4.69, 9.17) is 0 Å². The van der Waals surface area contributed by atoms with Gasteiger partial charge < -0.3 is 0 Å². The van der Waals surface area contributed by atoms with Gasteiger partial charge in [0.2, 0.25) is 0 Å². The molecule has 0 aliphatic rings. The molecule has 0 aliphatic carbocycles. The van der Waals surface area contributed by atoms with E-state index in [0.29, 0.717) is 11.8 Å². The van der Waals surface area contributed by atoms with Crippen LogP contribution < -0.4 is 5.56 Å². The van der Waals surface area contributed by atoms with Crippen molar-refractivity contribution in [2.75, 3.05) is 0 Å². The Morgan fingerprint density at radius 2 is 1.77 bits per heavy atom. The van der Waals surface area contributed by atoms with Crippen molar-refractivity contribution in [1.29, 1.82) is 0 Å². The Morgan fingerprint density at radius 3 is 2.60 bits per heavy atom. The molecule has 6 nitrogen and oxygen atoms in total. The summed E-state index contributed by atoms with van der Waals surface area (Å²) in [6, 6.07) is 23.6. The summed E-state index contributed by atoms with van der Waals surface area (Å²) in [7, 11) is 0. The highest BCUT2D eigenvalue weighted by atomic mass is 32.1. The molecule has 0 radical (unpaired) electrons. The van der Waals surface area contributed by atoms with Gasteiger partial charge in [0, 0.05) is 35.5 Å². The smallest absolute Gasteiger partial charge is 0.263 e. The van der Waals surface area contributed by atoms with Crippen LogP contribution in [0.25, 0.3) is 38.1 Å². The predicted octanol–water partition coefficient (Wildman–Crippen LogP) is 5.80. The molecule has 0 fully saturated rings. The van der Waals surface area contributed by atoms with Gasteiger partial charge in [-0.1, -0.05) is 49.4 Å². The topological polar surface area (TPSA) is 73.6 Å². The van der Waals surface area contributed by atoms with Crippen molar-refractivity contribution in [2.45, 2.75) is 19.3 Å². The largest absolute Gasteiger partial charge is 0.280 e. The van der Waals surface area contributed by atoms with Crippen LogP contribution in [0, 0.1) is 0 Å². The zero-order valence-corrected chi connectivity index (χ0v) is 19.8. The van der Waals surface area contributed by atoms with Crippen LogP contribution in [0.15, 0.2) is 95.6 Å². The number of benzene rings is 2. The third kappa shape index (κ3) is 3.80. The zero-order valence-electron chi connectivity index (χ0n) is 19.0. The lowest BCUT2D eigenvalue weighted by Gasteiger charge is -2.20. The summed E-state index contributed by atoms with van der Waals surface area (Å²) < 4.78 is 1.83. The number of nitrogens with zero attached hydrogens (tertiary/aromatic N) is 5. The fourth-order valence-corrected chi connectivity index (χ4v) is 5.26. The third-order valence-corrected chi connectivity index (χ3v) is 6.98. The molecule has 35 heavy (non-hydrogen) atoms. The molecule has 0 unspecified atom stereocenters. The lowest BCUT2D eigenvalue weighted by atomic mass is 9.95. The van der Waals surface area contributed by atoms with Gasteiger partial charge in [0.05, 0.1) is 22.3 Å². The maximum Gasteiger partial charge on any atom is 0.263 e. The van der Waals surface area contributed by atoms with Crippen molar-refractivity contribution in [2.24, 2.45) is 0 Å². The van der Waals surface area contributed by atoms with Crippen molar-refractivity contribution < 1.29 is 0 Å². The van der Waals surface area contributed by atoms with Crippen LogP contribution in [-0.2, 0) is 6.42 Å². The minimum Gasteiger partial charge on any atom is -0.280 e. The van der Waals surface area contributed by atoms with Crippen molar-refractivity contribution in [1.82, 2.24) is 24.5 Å². The minimum absolute atomic E-state index is 0.00520. The Bertz CT molecular complexity index is 1710. The van der Waals surface area contributed by atoms with Crippen LogP contribution in [-0.4, -0.2) is 24.5 Å². The summed E-state index contributed by atoms with van der Waals surface area (Å²) >= 11 is 1.50. The van der Waals surface area contributed by atoms with Gasteiger partial charge in [-0.15, -0.1) is 11.3 Å². The lowest BCUT2D eigenvalue weighted by Crippen LogP contribution is -2.24. The van der Waals surface area contributed by atoms with Gasteiger partial charge in [-0.25, -0.2) is 15.0 Å². The van der Waals surface area contributed by atoms with Gasteiger partial charge in [-0.2, -0.15) is 0 Å². The molecule has 1 atom stereocenters. The van der Waals surface area contributed by atoms with Crippen molar-refractivity contribution in [3.63, 3.8) is 0 Å². The number of thiazole rings is 1. The molecule has 6 rings (SSSR count). The van der Waals surface area contributed by atoms with Gasteiger partial charge >= 0.3 is 0 Å². The van der Waals surface area contributed by atoms with Crippen molar-refractivity contribution >= 4 is 32.5 Å². The van der Waals surface area contributed by atoms with E-state index in [2.05, 4.69) is 32.9 Å². The molecule has 6 aromatic rings. The normalized spacial score (nSPS) is 12.3. The monoisotopic (exact) mass is 475 g/mol. The number of para-hydroxylation sites is 1. The van der Waals surface area contributed by atoms with E-state index in [-0.39, 0.29) is 11.5 Å². The van der Waals surface area contributed by atoms with Crippen molar-refractivity contribution in [3.8, 4) is 16.9 Å². The molecule has 0 amide bonds. The Labute approximate surface area is 205 Å². The van der Waals surface area contributed by atoms with E-state index in [1.54, 1.807) is 18.0 Å². The molecule has 170 valence electrons. The van der Waals surface area contributed by atoms with E-state index >= 15 is 0 Å². The molecule has 0 saturated heterocycles. The fraction of sp³-hybridized carbons (Fsp3) is 0.107. The number of pyridine rings is 2. The van der Waals surface area contributed by atoms with Crippen LogP contribution in [0.2, 0.25) is 0 Å². The molecule has 0 saturated carbocycles. The highest BCUT2D eigenvalue weighted by molar-refractivity contribution is 7.16. The second-order valence-corrected chi connectivity index (χ2v) is 9.29. The molecule has 4 aromatic heterocycles. The fourth-order valence-electron chi connectivity index (χ4n) is 4.61. The molecule has 0 N–H and O–H groups in total. The summed E-state index contributed by atoms with van der Waals surface area (Å²) in [5.41, 5.74) is 6.82. The maximum absolute atomic E-state index is 14.2. The Balaban J connectivity index is 1.58. The Hall–Kier alpha value is -4.23. The van der Waals surface area contributed by atoms with E-state index in [1.165, 1.54) is 11.3 Å². The molecular formula is C28H21N5OS. The van der Waals surface area contributed by atoms with E-state index in [9.17, 15) is 4.79 Å². The van der Waals surface area contributed by atoms with E-state index in [0.717, 1.165) is 44.1 Å². The molecule has 0 bridgehead atoms. The van der Waals surface area contributed by atoms with Gasteiger partial charge in [0.1, 0.15) is 16.7 Å². The minimum atomic E-state index is -0.0571. The van der Waals surface area contributed by atoms with Crippen LogP contribution in [0.5, 0.6) is 0 Å². The molecule has 0 spiro atoms. The van der Waals surface area contributed by atoms with Gasteiger partial charge in [0.25, 0.3) is 5.56 Å². The quantitative estimate of drug-likeness (QED) is 0.315. The summed E-state index contributed by atoms with van der Waals surface area (Å²) in [6.07, 6.45) is 3.98. The highest BCUT2D eigenvalue weighted by Crippen LogP contribution is 2.30. The maximum atomic E-state index is 14.2. The molecule has 0 aliphatic heterocycles. The first-order valence-corrected chi connectivity index (χ1v) is 12.3. The Morgan fingerprint density at radius 1 is 0.914 bits per heavy atom. The average molecular weight is 476 g/mol. The number of rotatable bonds is 5. The molecule has 7 heteroatoms. The molecule has 4 heterocycles. The van der Waals surface area contributed by atoms with E-state index < -0.39 is 0 Å². The second-order valence-electron chi connectivity index (χ2n) is 8.46. The first-order chi connectivity index (χ1) is 17.2. The van der Waals surface area contributed by atoms with Gasteiger partial charge in [-0.05, 0) is 35.7 Å². The Kier molecular flexibility index (Phi) is 5.39. The van der Waals surface area contributed by atoms with Gasteiger partial charge in [0.15, 0.2) is 0 Å². The molecular weight excluding hydrogens is 454 g/mol. The highest BCUT2D eigenvalue weighted by Gasteiger charge is 2.20. The summed E-state index contributed by atoms with van der Waals surface area (Å²) in [4.78, 5) is 32.9. The number of fused-ring (bicyclic) bond motifs is 2. The third-order valence-electron chi connectivity index (χ3n) is 6.25. The first-order valence-electron chi connectivity index (χ1n) is 11.4. The SMILES string of the molecule is C[C@H](Cc1ncnc2scnc12)c1cc2cccc(-c3ccccn3)c2c(=O)n1-c1ccccc1. The van der Waals surface area contributed by atoms with Crippen LogP contribution in [0.1, 0.15) is 24.2 Å². The number of aromatic nitrogens is 5. The lowest BCUT2D eigenvalue weighted by molar-refractivity contribution is 0.687. The average Bonchev–Trinajstić information content (AvgIpc) is 3.39. The summed E-state index contributed by atoms with van der Waals surface area (Å²) in [5.74, 6) is 0.00520. The number of hydrogen-bond donors (Lipinski definition) is 0. The van der Waals surface area contributed by atoms with Crippen LogP contribution in [0.4, 0.5) is 0 Å². The van der Waals surface area contributed by atoms with Crippen molar-refractivity contribution in [3.05, 3.63) is 113 Å². The van der Waals surface area contributed by atoms with Gasteiger partial charge in [-0.3, -0.25) is 14.3 Å².